The summed E-state index contributed by atoms with van der Waals surface area (Å²) in [5.41, 5.74) is 7.98. The number of hydrogen-bond donors (Lipinski definition) is 2. The van der Waals surface area contributed by atoms with Gasteiger partial charge in [0.05, 0.1) is 6.10 Å². The van der Waals surface area contributed by atoms with Gasteiger partial charge in [-0.1, -0.05) is 36.8 Å². The predicted octanol–water partition coefficient (Wildman–Crippen LogP) is 1.88. The third kappa shape index (κ3) is 3.05. The standard InChI is InChI=1S/C13H21NO/c1-10-4-6-12(7-5-10)8-13(3,9-14)11(2)15/h4-7,11,15H,8-9,14H2,1-3H3. The Labute approximate surface area is 92.1 Å². The zero-order chi connectivity index (χ0) is 11.5. The van der Waals surface area contributed by atoms with Crippen LogP contribution in [0.5, 0.6) is 0 Å². The van der Waals surface area contributed by atoms with Gasteiger partial charge >= 0.3 is 0 Å². The molecule has 0 spiro atoms. The summed E-state index contributed by atoms with van der Waals surface area (Å²) in [6, 6.07) is 8.39. The highest BCUT2D eigenvalue weighted by atomic mass is 16.3. The molecule has 2 heteroatoms. The normalized spacial score (nSPS) is 17.1. The maximum atomic E-state index is 9.71. The van der Waals surface area contributed by atoms with Gasteiger partial charge in [0.25, 0.3) is 0 Å². The summed E-state index contributed by atoms with van der Waals surface area (Å²) in [5.74, 6) is 0. The maximum Gasteiger partial charge on any atom is 0.0580 e. The molecule has 84 valence electrons. The predicted molar refractivity (Wildman–Crippen MR) is 63.7 cm³/mol. The fourth-order valence-corrected chi connectivity index (χ4v) is 1.56. The van der Waals surface area contributed by atoms with E-state index < -0.39 is 0 Å². The highest BCUT2D eigenvalue weighted by Gasteiger charge is 2.28. The number of rotatable bonds is 4. The van der Waals surface area contributed by atoms with Gasteiger partial charge in [-0.05, 0) is 25.8 Å². The first-order valence-electron chi connectivity index (χ1n) is 5.41. The van der Waals surface area contributed by atoms with Crippen molar-refractivity contribution in [2.24, 2.45) is 11.1 Å². The lowest BCUT2D eigenvalue weighted by molar-refractivity contribution is 0.0589. The van der Waals surface area contributed by atoms with Gasteiger partial charge in [-0.15, -0.1) is 0 Å². The van der Waals surface area contributed by atoms with Gasteiger partial charge in [0.1, 0.15) is 0 Å². The first-order valence-corrected chi connectivity index (χ1v) is 5.41. The second kappa shape index (κ2) is 4.77. The molecule has 0 aliphatic heterocycles. The van der Waals surface area contributed by atoms with E-state index in [4.69, 9.17) is 5.73 Å². The van der Waals surface area contributed by atoms with Crippen LogP contribution in [-0.2, 0) is 6.42 Å². The van der Waals surface area contributed by atoms with Crippen molar-refractivity contribution in [3.05, 3.63) is 35.4 Å². The molecule has 2 atom stereocenters. The first-order chi connectivity index (χ1) is 6.98. The molecule has 0 bridgehead atoms. The van der Waals surface area contributed by atoms with E-state index >= 15 is 0 Å². The number of aryl methyl sites for hydroxylation is 1. The van der Waals surface area contributed by atoms with Crippen LogP contribution in [0.2, 0.25) is 0 Å². The van der Waals surface area contributed by atoms with Crippen molar-refractivity contribution in [1.29, 1.82) is 0 Å². The number of benzene rings is 1. The van der Waals surface area contributed by atoms with Crippen molar-refractivity contribution in [2.75, 3.05) is 6.54 Å². The van der Waals surface area contributed by atoms with Gasteiger partial charge in [0.15, 0.2) is 0 Å². The molecule has 0 aliphatic rings. The molecule has 0 aromatic heterocycles. The van der Waals surface area contributed by atoms with Crippen molar-refractivity contribution in [2.45, 2.75) is 33.3 Å². The number of aliphatic hydroxyl groups is 1. The van der Waals surface area contributed by atoms with E-state index in [1.165, 1.54) is 11.1 Å². The quantitative estimate of drug-likeness (QED) is 0.792. The molecule has 2 nitrogen and oxygen atoms in total. The van der Waals surface area contributed by atoms with Gasteiger partial charge < -0.3 is 10.8 Å². The Morgan fingerprint density at radius 1 is 1.33 bits per heavy atom. The fraction of sp³-hybridized carbons (Fsp3) is 0.538. The monoisotopic (exact) mass is 207 g/mol. The van der Waals surface area contributed by atoms with Crippen molar-refractivity contribution >= 4 is 0 Å². The van der Waals surface area contributed by atoms with E-state index in [0.717, 1.165) is 6.42 Å². The van der Waals surface area contributed by atoms with E-state index in [1.807, 2.05) is 6.92 Å². The minimum absolute atomic E-state index is 0.227. The van der Waals surface area contributed by atoms with Gasteiger partial charge in [-0.3, -0.25) is 0 Å². The first kappa shape index (κ1) is 12.2. The van der Waals surface area contributed by atoms with Crippen molar-refractivity contribution in [1.82, 2.24) is 0 Å². The second-order valence-electron chi connectivity index (χ2n) is 4.70. The van der Waals surface area contributed by atoms with Gasteiger partial charge in [0.2, 0.25) is 0 Å². The largest absolute Gasteiger partial charge is 0.393 e. The fourth-order valence-electron chi connectivity index (χ4n) is 1.56. The zero-order valence-corrected chi connectivity index (χ0v) is 9.83. The van der Waals surface area contributed by atoms with Crippen molar-refractivity contribution < 1.29 is 5.11 Å². The Bertz CT molecular complexity index is 305. The number of hydrogen-bond acceptors (Lipinski definition) is 2. The minimum atomic E-state index is -0.385. The average molecular weight is 207 g/mol. The van der Waals surface area contributed by atoms with Crippen LogP contribution in [-0.4, -0.2) is 17.8 Å². The lowest BCUT2D eigenvalue weighted by Gasteiger charge is -2.31. The smallest absolute Gasteiger partial charge is 0.0580 e. The molecule has 2 unspecified atom stereocenters. The van der Waals surface area contributed by atoms with Crippen molar-refractivity contribution in [3.8, 4) is 0 Å². The average Bonchev–Trinajstić information content (AvgIpc) is 2.21. The Kier molecular flexibility index (Phi) is 3.89. The third-order valence-corrected chi connectivity index (χ3v) is 3.20. The van der Waals surface area contributed by atoms with E-state index in [9.17, 15) is 5.11 Å². The van der Waals surface area contributed by atoms with E-state index in [0.29, 0.717) is 6.54 Å². The highest BCUT2D eigenvalue weighted by Crippen LogP contribution is 2.25. The summed E-state index contributed by atoms with van der Waals surface area (Å²) in [5, 5.41) is 9.71. The Hall–Kier alpha value is -0.860. The minimum Gasteiger partial charge on any atom is -0.393 e. The van der Waals surface area contributed by atoms with E-state index in [-0.39, 0.29) is 11.5 Å². The van der Waals surface area contributed by atoms with Crippen LogP contribution in [0.25, 0.3) is 0 Å². The number of nitrogens with two attached hydrogens (primary N) is 1. The van der Waals surface area contributed by atoms with Gasteiger partial charge in [-0.2, -0.15) is 0 Å². The lowest BCUT2D eigenvalue weighted by Crippen LogP contribution is -2.39. The molecule has 0 amide bonds. The molecule has 0 fully saturated rings. The Morgan fingerprint density at radius 3 is 2.27 bits per heavy atom. The Morgan fingerprint density at radius 2 is 1.87 bits per heavy atom. The summed E-state index contributed by atoms with van der Waals surface area (Å²) < 4.78 is 0. The van der Waals surface area contributed by atoms with Gasteiger partial charge in [-0.25, -0.2) is 0 Å². The molecule has 0 saturated carbocycles. The van der Waals surface area contributed by atoms with Crippen LogP contribution in [0.4, 0.5) is 0 Å². The highest BCUT2D eigenvalue weighted by molar-refractivity contribution is 5.22. The van der Waals surface area contributed by atoms with E-state index in [2.05, 4.69) is 31.2 Å². The summed E-state index contributed by atoms with van der Waals surface area (Å²) in [4.78, 5) is 0. The molecule has 0 aliphatic carbocycles. The van der Waals surface area contributed by atoms with Crippen molar-refractivity contribution in [3.63, 3.8) is 0 Å². The Balaban J connectivity index is 2.79. The SMILES string of the molecule is Cc1ccc(CC(C)(CN)C(C)O)cc1. The van der Waals surface area contributed by atoms with Gasteiger partial charge in [0, 0.05) is 12.0 Å². The molecule has 0 saturated heterocycles. The zero-order valence-electron chi connectivity index (χ0n) is 9.83. The molecule has 1 aromatic rings. The van der Waals surface area contributed by atoms with Crippen LogP contribution in [0.3, 0.4) is 0 Å². The second-order valence-corrected chi connectivity index (χ2v) is 4.70. The molecular weight excluding hydrogens is 186 g/mol. The third-order valence-electron chi connectivity index (χ3n) is 3.20. The molecule has 15 heavy (non-hydrogen) atoms. The van der Waals surface area contributed by atoms with Crippen LogP contribution in [0.15, 0.2) is 24.3 Å². The molecule has 0 heterocycles. The molecule has 0 radical (unpaired) electrons. The van der Waals surface area contributed by atoms with Crippen LogP contribution in [0.1, 0.15) is 25.0 Å². The lowest BCUT2D eigenvalue weighted by atomic mass is 9.79. The molecular formula is C13H21NO. The van der Waals surface area contributed by atoms with Crippen LogP contribution < -0.4 is 5.73 Å². The molecule has 3 N–H and O–H groups in total. The van der Waals surface area contributed by atoms with Crippen LogP contribution >= 0.6 is 0 Å². The van der Waals surface area contributed by atoms with E-state index in [1.54, 1.807) is 6.92 Å². The number of aliphatic hydroxyl groups excluding tert-OH is 1. The molecule has 1 rings (SSSR count). The summed E-state index contributed by atoms with van der Waals surface area (Å²) >= 11 is 0. The molecule has 1 aromatic carbocycles. The topological polar surface area (TPSA) is 46.2 Å². The summed E-state index contributed by atoms with van der Waals surface area (Å²) in [7, 11) is 0. The van der Waals surface area contributed by atoms with Crippen LogP contribution in [0, 0.1) is 12.3 Å². The summed E-state index contributed by atoms with van der Waals surface area (Å²) in [6.07, 6.45) is 0.436. The summed E-state index contributed by atoms with van der Waals surface area (Å²) in [6.45, 7) is 6.40. The maximum absolute atomic E-state index is 9.71.